The molecule has 1 aliphatic carbocycles. The van der Waals surface area contributed by atoms with Gasteiger partial charge in [0.25, 0.3) is 0 Å². The van der Waals surface area contributed by atoms with Crippen LogP contribution in [0.1, 0.15) is 24.8 Å². The lowest BCUT2D eigenvalue weighted by molar-refractivity contribution is -0.148. The molecule has 17 heavy (non-hydrogen) atoms. The van der Waals surface area contributed by atoms with E-state index in [2.05, 4.69) is 5.32 Å². The lowest BCUT2D eigenvalue weighted by Crippen LogP contribution is -2.56. The quantitative estimate of drug-likeness (QED) is 0.848. The van der Waals surface area contributed by atoms with E-state index in [1.165, 1.54) is 6.07 Å². The topological polar surface area (TPSA) is 49.3 Å². The van der Waals surface area contributed by atoms with Crippen LogP contribution in [0.5, 0.6) is 0 Å². The first-order valence-corrected chi connectivity index (χ1v) is 5.46. The Bertz CT molecular complexity index is 444. The zero-order valence-corrected chi connectivity index (χ0v) is 9.17. The van der Waals surface area contributed by atoms with E-state index >= 15 is 0 Å². The normalized spacial score (nSPS) is 17.5. The Morgan fingerprint density at radius 1 is 1.41 bits per heavy atom. The molecule has 0 bridgehead atoms. The van der Waals surface area contributed by atoms with Crippen molar-refractivity contribution in [1.82, 2.24) is 5.32 Å². The molecule has 0 saturated heterocycles. The smallest absolute Gasteiger partial charge is 0.323 e. The van der Waals surface area contributed by atoms with Gasteiger partial charge < -0.3 is 5.11 Å². The number of hydrogen-bond acceptors (Lipinski definition) is 2. The van der Waals surface area contributed by atoms with Gasteiger partial charge in [0.05, 0.1) is 0 Å². The van der Waals surface area contributed by atoms with Gasteiger partial charge in [0, 0.05) is 18.2 Å². The predicted octanol–water partition coefficient (Wildman–Crippen LogP) is 2.06. The van der Waals surface area contributed by atoms with E-state index in [-0.39, 0.29) is 12.1 Å². The molecule has 0 heterocycles. The largest absolute Gasteiger partial charge is 0.480 e. The third-order valence-corrected chi connectivity index (χ3v) is 3.25. The summed E-state index contributed by atoms with van der Waals surface area (Å²) in [5.41, 5.74) is -0.653. The second-order valence-electron chi connectivity index (χ2n) is 4.33. The van der Waals surface area contributed by atoms with Gasteiger partial charge in [0.15, 0.2) is 0 Å². The summed E-state index contributed by atoms with van der Waals surface area (Å²) in [4.78, 5) is 11.0. The molecule has 0 amide bonds. The van der Waals surface area contributed by atoms with Gasteiger partial charge >= 0.3 is 5.97 Å². The Balaban J connectivity index is 2.04. The van der Waals surface area contributed by atoms with Crippen LogP contribution in [0.25, 0.3) is 0 Å². The summed E-state index contributed by atoms with van der Waals surface area (Å²) in [6.07, 6.45) is 1.95. The van der Waals surface area contributed by atoms with Crippen LogP contribution in [0.15, 0.2) is 18.2 Å². The molecule has 1 saturated carbocycles. The number of benzene rings is 1. The standard InChI is InChI=1S/C12H13F2NO2/c13-9-3-2-8(10(14)6-9)7-15-12(11(16)17)4-1-5-12/h2-3,6,15H,1,4-5,7H2,(H,16,17). The van der Waals surface area contributed by atoms with E-state index in [0.717, 1.165) is 18.6 Å². The molecule has 1 aromatic carbocycles. The number of carbonyl (C=O) groups is 1. The van der Waals surface area contributed by atoms with Gasteiger partial charge in [-0.05, 0) is 25.3 Å². The lowest BCUT2D eigenvalue weighted by Gasteiger charge is -2.38. The van der Waals surface area contributed by atoms with Crippen LogP contribution in [-0.4, -0.2) is 16.6 Å². The van der Waals surface area contributed by atoms with E-state index in [1.807, 2.05) is 0 Å². The molecule has 1 aromatic rings. The van der Waals surface area contributed by atoms with E-state index in [0.29, 0.717) is 12.8 Å². The highest BCUT2D eigenvalue weighted by atomic mass is 19.1. The Kier molecular flexibility index (Phi) is 3.11. The molecule has 0 aliphatic heterocycles. The van der Waals surface area contributed by atoms with Crippen molar-refractivity contribution in [3.8, 4) is 0 Å². The van der Waals surface area contributed by atoms with Crippen LogP contribution in [0.3, 0.4) is 0 Å². The molecule has 0 spiro atoms. The van der Waals surface area contributed by atoms with Crippen LogP contribution < -0.4 is 5.32 Å². The first-order valence-electron chi connectivity index (χ1n) is 5.46. The second kappa shape index (κ2) is 4.41. The number of nitrogens with one attached hydrogen (secondary N) is 1. The summed E-state index contributed by atoms with van der Waals surface area (Å²) in [7, 11) is 0. The number of hydrogen-bond donors (Lipinski definition) is 2. The lowest BCUT2D eigenvalue weighted by atomic mass is 9.76. The third-order valence-electron chi connectivity index (χ3n) is 3.25. The van der Waals surface area contributed by atoms with Gasteiger partial charge in [-0.1, -0.05) is 6.07 Å². The van der Waals surface area contributed by atoms with Crippen molar-refractivity contribution in [3.63, 3.8) is 0 Å². The van der Waals surface area contributed by atoms with Gasteiger partial charge in [-0.2, -0.15) is 0 Å². The van der Waals surface area contributed by atoms with Gasteiger partial charge in [0.2, 0.25) is 0 Å². The number of carboxylic acids is 1. The summed E-state index contributed by atoms with van der Waals surface area (Å²) in [5, 5.41) is 11.9. The van der Waals surface area contributed by atoms with Crippen molar-refractivity contribution < 1.29 is 18.7 Å². The van der Waals surface area contributed by atoms with Gasteiger partial charge in [-0.25, -0.2) is 8.78 Å². The van der Waals surface area contributed by atoms with Crippen molar-refractivity contribution in [2.24, 2.45) is 0 Å². The van der Waals surface area contributed by atoms with Crippen LogP contribution in [0.2, 0.25) is 0 Å². The molecule has 5 heteroatoms. The average Bonchev–Trinajstić information content (AvgIpc) is 2.18. The zero-order chi connectivity index (χ0) is 12.5. The number of halogens is 2. The van der Waals surface area contributed by atoms with Crippen LogP contribution >= 0.6 is 0 Å². The van der Waals surface area contributed by atoms with Gasteiger partial charge in [-0.15, -0.1) is 0 Å². The molecule has 0 atom stereocenters. The Morgan fingerprint density at radius 2 is 2.12 bits per heavy atom. The predicted molar refractivity (Wildman–Crippen MR) is 57.4 cm³/mol. The SMILES string of the molecule is O=C(O)C1(NCc2ccc(F)cc2F)CCC1. The minimum Gasteiger partial charge on any atom is -0.480 e. The molecule has 3 nitrogen and oxygen atoms in total. The highest BCUT2D eigenvalue weighted by Crippen LogP contribution is 2.32. The molecule has 1 fully saturated rings. The summed E-state index contributed by atoms with van der Waals surface area (Å²) >= 11 is 0. The first kappa shape index (κ1) is 12.0. The van der Waals surface area contributed by atoms with E-state index in [4.69, 9.17) is 5.11 Å². The monoisotopic (exact) mass is 241 g/mol. The second-order valence-corrected chi connectivity index (χ2v) is 4.33. The van der Waals surface area contributed by atoms with Crippen LogP contribution in [0.4, 0.5) is 8.78 Å². The summed E-state index contributed by atoms with van der Waals surface area (Å²) in [5.74, 6) is -2.20. The van der Waals surface area contributed by atoms with E-state index < -0.39 is 23.1 Å². The average molecular weight is 241 g/mol. The maximum absolute atomic E-state index is 13.3. The number of aliphatic carboxylic acids is 1. The highest BCUT2D eigenvalue weighted by molar-refractivity contribution is 5.79. The highest BCUT2D eigenvalue weighted by Gasteiger charge is 2.43. The molecule has 0 radical (unpaired) electrons. The van der Waals surface area contributed by atoms with E-state index in [9.17, 15) is 13.6 Å². The van der Waals surface area contributed by atoms with Crippen molar-refractivity contribution in [2.75, 3.05) is 0 Å². The molecule has 0 aromatic heterocycles. The van der Waals surface area contributed by atoms with E-state index in [1.54, 1.807) is 0 Å². The summed E-state index contributed by atoms with van der Waals surface area (Å²) in [6.45, 7) is 0.0956. The molecule has 92 valence electrons. The van der Waals surface area contributed by atoms with Crippen molar-refractivity contribution in [1.29, 1.82) is 0 Å². The maximum atomic E-state index is 13.3. The molecule has 2 N–H and O–H groups in total. The van der Waals surface area contributed by atoms with Crippen molar-refractivity contribution in [3.05, 3.63) is 35.4 Å². The third kappa shape index (κ3) is 2.29. The summed E-state index contributed by atoms with van der Waals surface area (Å²) in [6, 6.07) is 3.28. The minimum absolute atomic E-state index is 0.0956. The van der Waals surface area contributed by atoms with Crippen molar-refractivity contribution in [2.45, 2.75) is 31.3 Å². The number of rotatable bonds is 4. The minimum atomic E-state index is -0.930. The van der Waals surface area contributed by atoms with Gasteiger partial charge in [-0.3, -0.25) is 10.1 Å². The van der Waals surface area contributed by atoms with Gasteiger partial charge in [0.1, 0.15) is 17.2 Å². The van der Waals surface area contributed by atoms with Crippen LogP contribution in [-0.2, 0) is 11.3 Å². The van der Waals surface area contributed by atoms with Crippen LogP contribution in [0, 0.1) is 11.6 Å². The molecular formula is C12H13F2NO2. The fraction of sp³-hybridized carbons (Fsp3) is 0.417. The summed E-state index contributed by atoms with van der Waals surface area (Å²) < 4.78 is 26.0. The fourth-order valence-corrected chi connectivity index (χ4v) is 1.93. The first-order chi connectivity index (χ1) is 8.03. The molecule has 0 unspecified atom stereocenters. The maximum Gasteiger partial charge on any atom is 0.323 e. The fourth-order valence-electron chi connectivity index (χ4n) is 1.93. The number of carboxylic acid groups (broad SMARTS) is 1. The Morgan fingerprint density at radius 3 is 2.59 bits per heavy atom. The Hall–Kier alpha value is -1.49. The zero-order valence-electron chi connectivity index (χ0n) is 9.17. The Labute approximate surface area is 97.5 Å². The molecule has 1 aliphatic rings. The molecular weight excluding hydrogens is 228 g/mol. The van der Waals surface area contributed by atoms with Crippen molar-refractivity contribution >= 4 is 5.97 Å². The molecule has 2 rings (SSSR count).